The van der Waals surface area contributed by atoms with E-state index in [2.05, 4.69) is 15.0 Å². The number of aromatic nitrogens is 3. The summed E-state index contributed by atoms with van der Waals surface area (Å²) in [5.74, 6) is 0.417. The van der Waals surface area contributed by atoms with Crippen molar-refractivity contribution in [1.29, 1.82) is 0 Å². The van der Waals surface area contributed by atoms with Crippen LogP contribution in [0.3, 0.4) is 0 Å². The number of hydrogen-bond acceptors (Lipinski definition) is 7. The molecular weight excluding hydrogens is 354 g/mol. The van der Waals surface area contributed by atoms with E-state index in [0.717, 1.165) is 11.1 Å². The van der Waals surface area contributed by atoms with Gasteiger partial charge in [-0.15, -0.1) is 0 Å². The van der Waals surface area contributed by atoms with Crippen LogP contribution in [0.1, 0.15) is 29.3 Å². The number of esters is 1. The highest BCUT2D eigenvalue weighted by Gasteiger charge is 2.19. The first kappa shape index (κ1) is 19.3. The molecule has 28 heavy (non-hydrogen) atoms. The first-order valence-electron chi connectivity index (χ1n) is 8.96. The average molecular weight is 377 g/mol. The molecule has 1 heterocycles. The third-order valence-corrected chi connectivity index (χ3v) is 4.22. The van der Waals surface area contributed by atoms with Crippen molar-refractivity contribution in [2.45, 2.75) is 18.9 Å². The van der Waals surface area contributed by atoms with Gasteiger partial charge in [0.05, 0.1) is 6.42 Å². The first-order valence-corrected chi connectivity index (χ1v) is 8.96. The van der Waals surface area contributed by atoms with E-state index in [9.17, 15) is 4.79 Å². The zero-order valence-electron chi connectivity index (χ0n) is 15.9. The topological polar surface area (TPSA) is 94.2 Å². The predicted octanol–water partition coefficient (Wildman–Crippen LogP) is 2.79. The van der Waals surface area contributed by atoms with Crippen molar-refractivity contribution in [3.05, 3.63) is 77.6 Å². The minimum absolute atomic E-state index is 0.0529. The molecule has 0 aliphatic rings. The smallest absolute Gasteiger partial charge is 0.307 e. The van der Waals surface area contributed by atoms with Crippen molar-refractivity contribution in [3.8, 4) is 0 Å². The Balaban J connectivity index is 1.71. The second-order valence-corrected chi connectivity index (χ2v) is 6.54. The Morgan fingerprint density at radius 2 is 1.54 bits per heavy atom. The van der Waals surface area contributed by atoms with Crippen LogP contribution in [0.25, 0.3) is 0 Å². The molecule has 0 saturated heterocycles. The summed E-state index contributed by atoms with van der Waals surface area (Å²) in [6.45, 7) is -0.0529. The van der Waals surface area contributed by atoms with Gasteiger partial charge in [-0.3, -0.25) is 4.79 Å². The lowest BCUT2D eigenvalue weighted by Crippen LogP contribution is -2.17. The molecule has 0 spiro atoms. The highest BCUT2D eigenvalue weighted by molar-refractivity contribution is 5.71. The molecular formula is C21H23N5O2. The molecule has 0 bridgehead atoms. The van der Waals surface area contributed by atoms with Gasteiger partial charge in [0.1, 0.15) is 0 Å². The largest absolute Gasteiger partial charge is 0.457 e. The highest BCUT2D eigenvalue weighted by atomic mass is 16.5. The van der Waals surface area contributed by atoms with Gasteiger partial charge in [-0.25, -0.2) is 0 Å². The van der Waals surface area contributed by atoms with Crippen LogP contribution in [-0.2, 0) is 16.1 Å². The maximum Gasteiger partial charge on any atom is 0.307 e. The van der Waals surface area contributed by atoms with Crippen LogP contribution in [0.4, 0.5) is 11.9 Å². The predicted molar refractivity (Wildman–Crippen MR) is 108 cm³/mol. The van der Waals surface area contributed by atoms with E-state index in [1.807, 2.05) is 60.7 Å². The number of anilines is 2. The number of rotatable bonds is 7. The van der Waals surface area contributed by atoms with Crippen molar-refractivity contribution in [2.24, 2.45) is 0 Å². The lowest BCUT2D eigenvalue weighted by atomic mass is 9.89. The van der Waals surface area contributed by atoms with Gasteiger partial charge in [0, 0.05) is 20.0 Å². The fraction of sp³-hybridized carbons (Fsp3) is 0.238. The number of nitrogens with two attached hydrogens (primary N) is 1. The molecule has 0 atom stereocenters. The quantitative estimate of drug-likeness (QED) is 0.633. The summed E-state index contributed by atoms with van der Waals surface area (Å²) in [7, 11) is 3.60. The zero-order chi connectivity index (χ0) is 19.9. The van der Waals surface area contributed by atoms with Crippen LogP contribution >= 0.6 is 0 Å². The van der Waals surface area contributed by atoms with Crippen LogP contribution in [-0.4, -0.2) is 35.0 Å². The van der Waals surface area contributed by atoms with E-state index in [4.69, 9.17) is 10.5 Å². The molecule has 0 amide bonds. The summed E-state index contributed by atoms with van der Waals surface area (Å²) in [6.07, 6.45) is 0.217. The molecule has 7 nitrogen and oxygen atoms in total. The fourth-order valence-electron chi connectivity index (χ4n) is 2.86. The first-order chi connectivity index (χ1) is 13.5. The third-order valence-electron chi connectivity index (χ3n) is 4.22. The zero-order valence-corrected chi connectivity index (χ0v) is 15.9. The third kappa shape index (κ3) is 5.03. The molecule has 0 radical (unpaired) electrons. The van der Waals surface area contributed by atoms with E-state index in [1.54, 1.807) is 19.0 Å². The number of carbonyl (C=O) groups excluding carboxylic acids is 1. The molecule has 0 saturated carbocycles. The molecule has 3 rings (SSSR count). The number of nitrogens with zero attached hydrogens (tertiary/aromatic N) is 4. The van der Waals surface area contributed by atoms with Crippen molar-refractivity contribution in [1.82, 2.24) is 15.0 Å². The van der Waals surface area contributed by atoms with E-state index in [-0.39, 0.29) is 30.9 Å². The maximum atomic E-state index is 12.5. The second-order valence-electron chi connectivity index (χ2n) is 6.54. The van der Waals surface area contributed by atoms with Crippen molar-refractivity contribution < 1.29 is 9.53 Å². The number of carbonyl (C=O) groups is 1. The molecule has 0 aliphatic carbocycles. The van der Waals surface area contributed by atoms with Crippen molar-refractivity contribution in [2.75, 3.05) is 24.7 Å². The molecule has 0 unspecified atom stereocenters. The molecule has 3 aromatic rings. The molecule has 7 heteroatoms. The molecule has 2 aromatic carbocycles. The summed E-state index contributed by atoms with van der Waals surface area (Å²) < 4.78 is 5.43. The average Bonchev–Trinajstić information content (AvgIpc) is 2.71. The summed E-state index contributed by atoms with van der Waals surface area (Å²) in [5, 5.41) is 0. The molecule has 0 fully saturated rings. The molecule has 144 valence electrons. The summed E-state index contributed by atoms with van der Waals surface area (Å²) in [4.78, 5) is 26.6. The minimum Gasteiger partial charge on any atom is -0.457 e. The van der Waals surface area contributed by atoms with Crippen molar-refractivity contribution in [3.63, 3.8) is 0 Å². The SMILES string of the molecule is CN(C)c1nc(N)nc(COC(=O)CC(c2ccccc2)c2ccccc2)n1. The fourth-order valence-corrected chi connectivity index (χ4v) is 2.86. The highest BCUT2D eigenvalue weighted by Crippen LogP contribution is 2.28. The standard InChI is InChI=1S/C21H23N5O2/c1-26(2)21-24-18(23-20(22)25-21)14-28-19(27)13-17(15-9-5-3-6-10-15)16-11-7-4-8-12-16/h3-12,17H,13-14H2,1-2H3,(H2,22,23,24,25). The van der Waals surface area contributed by atoms with Gasteiger partial charge in [-0.05, 0) is 11.1 Å². The number of hydrogen-bond donors (Lipinski definition) is 1. The van der Waals surface area contributed by atoms with Crippen LogP contribution in [0.5, 0.6) is 0 Å². The van der Waals surface area contributed by atoms with Crippen LogP contribution in [0, 0.1) is 0 Å². The Kier molecular flexibility index (Phi) is 6.16. The Morgan fingerprint density at radius 1 is 0.964 bits per heavy atom. The van der Waals surface area contributed by atoms with Gasteiger partial charge in [-0.2, -0.15) is 15.0 Å². The van der Waals surface area contributed by atoms with Crippen molar-refractivity contribution >= 4 is 17.9 Å². The van der Waals surface area contributed by atoms with Gasteiger partial charge in [0.2, 0.25) is 11.9 Å². The Morgan fingerprint density at radius 3 is 2.07 bits per heavy atom. The summed E-state index contributed by atoms with van der Waals surface area (Å²) >= 11 is 0. The van der Waals surface area contributed by atoms with E-state index < -0.39 is 0 Å². The van der Waals surface area contributed by atoms with Crippen LogP contribution in [0.2, 0.25) is 0 Å². The van der Waals surface area contributed by atoms with Gasteiger partial charge in [0.15, 0.2) is 12.4 Å². The molecule has 2 N–H and O–H groups in total. The number of nitrogen functional groups attached to an aromatic ring is 1. The second kappa shape index (κ2) is 8.94. The lowest BCUT2D eigenvalue weighted by molar-refractivity contribution is -0.145. The Labute approximate surface area is 164 Å². The van der Waals surface area contributed by atoms with E-state index in [1.165, 1.54) is 0 Å². The normalized spacial score (nSPS) is 10.7. The van der Waals surface area contributed by atoms with E-state index >= 15 is 0 Å². The Hall–Kier alpha value is -3.48. The van der Waals surface area contributed by atoms with Gasteiger partial charge in [-0.1, -0.05) is 60.7 Å². The lowest BCUT2D eigenvalue weighted by Gasteiger charge is -2.17. The minimum atomic E-state index is -0.330. The van der Waals surface area contributed by atoms with Gasteiger partial charge >= 0.3 is 5.97 Å². The van der Waals surface area contributed by atoms with Gasteiger partial charge in [0.25, 0.3) is 0 Å². The maximum absolute atomic E-state index is 12.5. The van der Waals surface area contributed by atoms with E-state index in [0.29, 0.717) is 11.8 Å². The van der Waals surface area contributed by atoms with Crippen LogP contribution < -0.4 is 10.6 Å². The monoisotopic (exact) mass is 377 g/mol. The molecule has 0 aliphatic heterocycles. The molecule has 1 aromatic heterocycles. The van der Waals surface area contributed by atoms with Gasteiger partial charge < -0.3 is 15.4 Å². The number of ether oxygens (including phenoxy) is 1. The Bertz CT molecular complexity index is 877. The number of benzene rings is 2. The summed E-state index contributed by atoms with van der Waals surface area (Å²) in [6, 6.07) is 19.8. The summed E-state index contributed by atoms with van der Waals surface area (Å²) in [5.41, 5.74) is 7.83. The van der Waals surface area contributed by atoms with Crippen LogP contribution in [0.15, 0.2) is 60.7 Å².